The SMILES string of the molecule is C[C@H](NC(=O)C1CC1c1ccccc1)c1cccc(-c2cccnc2F)c1. The summed E-state index contributed by atoms with van der Waals surface area (Å²) in [5, 5.41) is 3.10. The van der Waals surface area contributed by atoms with Crippen LogP contribution in [0.25, 0.3) is 11.1 Å². The second-order valence-corrected chi connectivity index (χ2v) is 7.06. The Morgan fingerprint density at radius 3 is 2.70 bits per heavy atom. The van der Waals surface area contributed by atoms with Gasteiger partial charge in [0.2, 0.25) is 11.9 Å². The Balaban J connectivity index is 1.45. The fourth-order valence-corrected chi connectivity index (χ4v) is 3.53. The van der Waals surface area contributed by atoms with Crippen LogP contribution in [0.3, 0.4) is 0 Å². The lowest BCUT2D eigenvalue weighted by atomic mass is 10.0. The fourth-order valence-electron chi connectivity index (χ4n) is 3.53. The molecule has 136 valence electrons. The average molecular weight is 360 g/mol. The molecule has 0 radical (unpaired) electrons. The molecule has 27 heavy (non-hydrogen) atoms. The summed E-state index contributed by atoms with van der Waals surface area (Å²) in [5.41, 5.74) is 3.39. The predicted molar refractivity (Wildman–Crippen MR) is 103 cm³/mol. The van der Waals surface area contributed by atoms with Crippen LogP contribution in [0, 0.1) is 11.9 Å². The molecule has 4 rings (SSSR count). The molecule has 1 N–H and O–H groups in total. The maximum atomic E-state index is 14.0. The van der Waals surface area contributed by atoms with Gasteiger partial charge in [0.05, 0.1) is 6.04 Å². The van der Waals surface area contributed by atoms with Crippen LogP contribution >= 0.6 is 0 Å². The van der Waals surface area contributed by atoms with Gasteiger partial charge >= 0.3 is 0 Å². The lowest BCUT2D eigenvalue weighted by molar-refractivity contribution is -0.123. The molecule has 0 saturated heterocycles. The van der Waals surface area contributed by atoms with Gasteiger partial charge in [-0.3, -0.25) is 4.79 Å². The highest BCUT2D eigenvalue weighted by molar-refractivity contribution is 5.83. The smallest absolute Gasteiger partial charge is 0.224 e. The van der Waals surface area contributed by atoms with Crippen molar-refractivity contribution >= 4 is 5.91 Å². The molecule has 1 aliphatic rings. The minimum atomic E-state index is -0.491. The van der Waals surface area contributed by atoms with E-state index in [-0.39, 0.29) is 17.9 Å². The molecule has 2 aromatic carbocycles. The molecule has 1 amide bonds. The molecular weight excluding hydrogens is 339 g/mol. The third-order valence-electron chi connectivity index (χ3n) is 5.17. The van der Waals surface area contributed by atoms with Crippen LogP contribution in [0.15, 0.2) is 72.9 Å². The molecule has 2 unspecified atom stereocenters. The predicted octanol–water partition coefficient (Wildman–Crippen LogP) is 4.87. The number of amides is 1. The molecular formula is C23H21FN2O. The van der Waals surface area contributed by atoms with Crippen molar-refractivity contribution in [2.24, 2.45) is 5.92 Å². The number of halogens is 1. The van der Waals surface area contributed by atoms with Crippen LogP contribution < -0.4 is 5.32 Å². The third-order valence-corrected chi connectivity index (χ3v) is 5.17. The largest absolute Gasteiger partial charge is 0.349 e. The van der Waals surface area contributed by atoms with Crippen molar-refractivity contribution in [2.75, 3.05) is 0 Å². The number of hydrogen-bond acceptors (Lipinski definition) is 2. The van der Waals surface area contributed by atoms with Crippen LogP contribution in [0.1, 0.15) is 36.4 Å². The number of pyridine rings is 1. The summed E-state index contributed by atoms with van der Waals surface area (Å²) in [6, 6.07) is 21.0. The number of carbonyl (C=O) groups excluding carboxylic acids is 1. The van der Waals surface area contributed by atoms with E-state index >= 15 is 0 Å². The van der Waals surface area contributed by atoms with Crippen molar-refractivity contribution in [1.29, 1.82) is 0 Å². The minimum Gasteiger partial charge on any atom is -0.349 e. The molecule has 4 heteroatoms. The van der Waals surface area contributed by atoms with Gasteiger partial charge < -0.3 is 5.32 Å². The first-order chi connectivity index (χ1) is 13.1. The molecule has 1 fully saturated rings. The Hall–Kier alpha value is -3.01. The van der Waals surface area contributed by atoms with Gasteiger partial charge in [0, 0.05) is 17.7 Å². The molecule has 3 aromatic rings. The van der Waals surface area contributed by atoms with E-state index in [0.29, 0.717) is 11.5 Å². The van der Waals surface area contributed by atoms with Crippen LogP contribution in [-0.2, 0) is 4.79 Å². The second-order valence-electron chi connectivity index (χ2n) is 7.06. The maximum absolute atomic E-state index is 14.0. The van der Waals surface area contributed by atoms with E-state index in [9.17, 15) is 9.18 Å². The highest BCUT2D eigenvalue weighted by Crippen LogP contribution is 2.47. The highest BCUT2D eigenvalue weighted by Gasteiger charge is 2.44. The number of rotatable bonds is 5. The van der Waals surface area contributed by atoms with Gasteiger partial charge in [-0.05, 0) is 54.2 Å². The summed E-state index contributed by atoms with van der Waals surface area (Å²) >= 11 is 0. The molecule has 0 spiro atoms. The van der Waals surface area contributed by atoms with Crippen molar-refractivity contribution in [3.63, 3.8) is 0 Å². The maximum Gasteiger partial charge on any atom is 0.224 e. The summed E-state index contributed by atoms with van der Waals surface area (Å²) in [6.07, 6.45) is 2.33. The molecule has 1 heterocycles. The third kappa shape index (κ3) is 3.75. The van der Waals surface area contributed by atoms with Gasteiger partial charge in [0.1, 0.15) is 0 Å². The van der Waals surface area contributed by atoms with Gasteiger partial charge in [-0.25, -0.2) is 4.98 Å². The Bertz CT molecular complexity index is 957. The van der Waals surface area contributed by atoms with Gasteiger partial charge in [0.15, 0.2) is 0 Å². The summed E-state index contributed by atoms with van der Waals surface area (Å²) in [6.45, 7) is 1.95. The van der Waals surface area contributed by atoms with E-state index in [1.807, 2.05) is 49.4 Å². The van der Waals surface area contributed by atoms with Crippen molar-refractivity contribution in [3.8, 4) is 11.1 Å². The van der Waals surface area contributed by atoms with Crippen molar-refractivity contribution in [1.82, 2.24) is 10.3 Å². The first kappa shape index (κ1) is 17.4. The Labute approximate surface area is 158 Å². The summed E-state index contributed by atoms with van der Waals surface area (Å²) in [5.74, 6) is -0.0626. The number of aromatic nitrogens is 1. The average Bonchev–Trinajstić information content (AvgIpc) is 3.50. The topological polar surface area (TPSA) is 42.0 Å². The zero-order valence-corrected chi connectivity index (χ0v) is 15.1. The van der Waals surface area contributed by atoms with Crippen LogP contribution in [0.5, 0.6) is 0 Å². The lowest BCUT2D eigenvalue weighted by Crippen LogP contribution is -2.28. The first-order valence-electron chi connectivity index (χ1n) is 9.19. The minimum absolute atomic E-state index is 0.0359. The molecule has 0 bridgehead atoms. The Kier molecular flexibility index (Phi) is 4.71. The summed E-state index contributed by atoms with van der Waals surface area (Å²) < 4.78 is 14.0. The van der Waals surface area contributed by atoms with E-state index in [1.165, 1.54) is 11.8 Å². The lowest BCUT2D eigenvalue weighted by Gasteiger charge is -2.16. The number of nitrogens with one attached hydrogen (secondary N) is 1. The van der Waals surface area contributed by atoms with Gasteiger partial charge in [-0.15, -0.1) is 0 Å². The van der Waals surface area contributed by atoms with E-state index in [4.69, 9.17) is 0 Å². The molecule has 3 nitrogen and oxygen atoms in total. The number of hydrogen-bond donors (Lipinski definition) is 1. The van der Waals surface area contributed by atoms with E-state index in [1.54, 1.807) is 12.1 Å². The number of carbonyl (C=O) groups is 1. The number of nitrogens with zero attached hydrogens (tertiary/aromatic N) is 1. The van der Waals surface area contributed by atoms with E-state index in [0.717, 1.165) is 17.5 Å². The van der Waals surface area contributed by atoms with E-state index in [2.05, 4.69) is 22.4 Å². The monoisotopic (exact) mass is 360 g/mol. The van der Waals surface area contributed by atoms with Crippen molar-refractivity contribution < 1.29 is 9.18 Å². The molecule has 3 atom stereocenters. The van der Waals surface area contributed by atoms with E-state index < -0.39 is 5.95 Å². The molecule has 1 saturated carbocycles. The summed E-state index contributed by atoms with van der Waals surface area (Å²) in [4.78, 5) is 16.3. The quantitative estimate of drug-likeness (QED) is 0.660. The van der Waals surface area contributed by atoms with Crippen molar-refractivity contribution in [3.05, 3.63) is 90.0 Å². The Morgan fingerprint density at radius 2 is 1.93 bits per heavy atom. The standard InChI is InChI=1S/C23H21FN2O/c1-15(26-23(27)21-14-20(21)16-7-3-2-4-8-16)17-9-5-10-18(13-17)19-11-6-12-25-22(19)24/h2-13,15,20-21H,14H2,1H3,(H,26,27)/t15-,20?,21?/m0/s1. The Morgan fingerprint density at radius 1 is 1.11 bits per heavy atom. The summed E-state index contributed by atoms with van der Waals surface area (Å²) in [7, 11) is 0. The van der Waals surface area contributed by atoms with Crippen LogP contribution in [0.4, 0.5) is 4.39 Å². The normalized spacial score (nSPS) is 19.3. The zero-order valence-electron chi connectivity index (χ0n) is 15.1. The molecule has 0 aliphatic heterocycles. The zero-order chi connectivity index (χ0) is 18.8. The van der Waals surface area contributed by atoms with Gasteiger partial charge in [0.25, 0.3) is 0 Å². The van der Waals surface area contributed by atoms with Gasteiger partial charge in [-0.1, -0.05) is 48.5 Å². The van der Waals surface area contributed by atoms with Gasteiger partial charge in [-0.2, -0.15) is 4.39 Å². The second kappa shape index (κ2) is 7.31. The molecule has 1 aromatic heterocycles. The highest BCUT2D eigenvalue weighted by atomic mass is 19.1. The van der Waals surface area contributed by atoms with Crippen molar-refractivity contribution in [2.45, 2.75) is 25.3 Å². The fraction of sp³-hybridized carbons (Fsp3) is 0.217. The first-order valence-corrected chi connectivity index (χ1v) is 9.19. The van der Waals surface area contributed by atoms with Crippen LogP contribution in [0.2, 0.25) is 0 Å². The van der Waals surface area contributed by atoms with Crippen LogP contribution in [-0.4, -0.2) is 10.9 Å². The molecule has 1 aliphatic carbocycles. The number of benzene rings is 2.